The normalized spacial score (nSPS) is 32.9. The van der Waals surface area contributed by atoms with Gasteiger partial charge in [0.15, 0.2) is 12.4 Å². The van der Waals surface area contributed by atoms with Crippen LogP contribution in [0.2, 0.25) is 0 Å². The number of hydrogen-bond acceptors (Lipinski definition) is 5. The van der Waals surface area contributed by atoms with Gasteiger partial charge in [-0.05, 0) is 12.5 Å². The number of nitrogens with two attached hydrogens (primary N) is 1. The molecule has 1 aromatic rings. The molecule has 1 saturated heterocycles. The molecule has 94 valence electrons. The largest absolute Gasteiger partial charge is 0.385 e. The van der Waals surface area contributed by atoms with Crippen molar-refractivity contribution in [3.8, 4) is 0 Å². The third-order valence-electron chi connectivity index (χ3n) is 2.82. The second-order valence-corrected chi connectivity index (χ2v) is 3.95. The Morgan fingerprint density at radius 3 is 2.94 bits per heavy atom. The number of anilines is 1. The Balaban J connectivity index is 2.32. The first kappa shape index (κ1) is 12.0. The highest BCUT2D eigenvalue weighted by molar-refractivity contribution is 5.23. The second kappa shape index (κ2) is 4.42. The lowest BCUT2D eigenvalue weighted by Crippen LogP contribution is -2.34. The zero-order valence-electron chi connectivity index (χ0n) is 9.28. The van der Waals surface area contributed by atoms with Crippen molar-refractivity contribution in [2.45, 2.75) is 38.0 Å². The first-order valence-corrected chi connectivity index (χ1v) is 5.37. The van der Waals surface area contributed by atoms with Crippen LogP contribution < -0.4 is 11.4 Å². The molecule has 0 aliphatic carbocycles. The van der Waals surface area contributed by atoms with Gasteiger partial charge in [-0.3, -0.25) is 4.57 Å². The molecule has 7 heteroatoms. The van der Waals surface area contributed by atoms with E-state index in [0.717, 1.165) is 4.57 Å². The summed E-state index contributed by atoms with van der Waals surface area (Å²) in [6, 6.07) is 1.39. The van der Waals surface area contributed by atoms with Crippen molar-refractivity contribution in [1.29, 1.82) is 0 Å². The van der Waals surface area contributed by atoms with Gasteiger partial charge < -0.3 is 15.6 Å². The van der Waals surface area contributed by atoms with Crippen molar-refractivity contribution in [1.82, 2.24) is 9.55 Å². The molecule has 1 aromatic heterocycles. The maximum absolute atomic E-state index is 13.6. The highest BCUT2D eigenvalue weighted by Gasteiger charge is 2.44. The third-order valence-corrected chi connectivity index (χ3v) is 2.82. The number of aromatic nitrogens is 2. The quantitative estimate of drug-likeness (QED) is 0.752. The molecule has 0 bridgehead atoms. The van der Waals surface area contributed by atoms with Gasteiger partial charge in [-0.1, -0.05) is 6.92 Å². The van der Waals surface area contributed by atoms with Crippen LogP contribution in [-0.2, 0) is 4.74 Å². The van der Waals surface area contributed by atoms with Crippen LogP contribution in [0.4, 0.5) is 10.2 Å². The molecule has 0 spiro atoms. The van der Waals surface area contributed by atoms with Crippen molar-refractivity contribution in [2.24, 2.45) is 0 Å². The second-order valence-electron chi connectivity index (χ2n) is 3.95. The van der Waals surface area contributed by atoms with Gasteiger partial charge >= 0.3 is 5.69 Å². The minimum Gasteiger partial charge on any atom is -0.385 e. The maximum Gasteiger partial charge on any atom is 0.351 e. The number of hydrogen-bond donors (Lipinski definition) is 2. The molecule has 0 saturated carbocycles. The van der Waals surface area contributed by atoms with Gasteiger partial charge in [-0.25, -0.2) is 9.18 Å². The minimum atomic E-state index is -1.51. The summed E-state index contributed by atoms with van der Waals surface area (Å²) in [5.41, 5.74) is 4.67. The van der Waals surface area contributed by atoms with Gasteiger partial charge in [0.25, 0.3) is 0 Å². The van der Waals surface area contributed by atoms with Crippen LogP contribution in [0, 0.1) is 0 Å². The van der Waals surface area contributed by atoms with Crippen LogP contribution in [0.25, 0.3) is 0 Å². The number of halogens is 1. The Hall–Kier alpha value is -1.47. The van der Waals surface area contributed by atoms with Gasteiger partial charge in [0.1, 0.15) is 11.9 Å². The Kier molecular flexibility index (Phi) is 3.12. The lowest BCUT2D eigenvalue weighted by atomic mass is 10.1. The highest BCUT2D eigenvalue weighted by Crippen LogP contribution is 2.31. The molecular formula is C10H14FN3O3. The Bertz CT molecular complexity index is 464. The fourth-order valence-electron chi connectivity index (χ4n) is 1.88. The van der Waals surface area contributed by atoms with E-state index < -0.39 is 30.3 Å². The van der Waals surface area contributed by atoms with Crippen molar-refractivity contribution in [3.05, 3.63) is 22.7 Å². The summed E-state index contributed by atoms with van der Waals surface area (Å²) in [7, 11) is 0. The molecule has 2 heterocycles. The first-order valence-electron chi connectivity index (χ1n) is 5.37. The fourth-order valence-corrected chi connectivity index (χ4v) is 1.88. The summed E-state index contributed by atoms with van der Waals surface area (Å²) in [6.45, 7) is 1.75. The molecule has 3 N–H and O–H groups in total. The van der Waals surface area contributed by atoms with E-state index in [-0.39, 0.29) is 5.82 Å². The Morgan fingerprint density at radius 1 is 1.71 bits per heavy atom. The monoisotopic (exact) mass is 243 g/mol. The molecule has 0 unspecified atom stereocenters. The summed E-state index contributed by atoms with van der Waals surface area (Å²) in [5, 5.41) is 9.69. The summed E-state index contributed by atoms with van der Waals surface area (Å²) >= 11 is 0. The zero-order chi connectivity index (χ0) is 12.6. The molecule has 0 amide bonds. The van der Waals surface area contributed by atoms with E-state index in [0.29, 0.717) is 6.42 Å². The van der Waals surface area contributed by atoms with Crippen LogP contribution in [0.1, 0.15) is 19.6 Å². The SMILES string of the molecule is CC[C@H]1O[C@@H](n2ccc(N)nc2=O)[C@H](O)[C@@H]1F. The number of rotatable bonds is 2. The molecule has 17 heavy (non-hydrogen) atoms. The van der Waals surface area contributed by atoms with Crippen LogP contribution in [0.5, 0.6) is 0 Å². The summed E-state index contributed by atoms with van der Waals surface area (Å²) < 4.78 is 19.9. The van der Waals surface area contributed by atoms with E-state index in [9.17, 15) is 14.3 Å². The van der Waals surface area contributed by atoms with Crippen LogP contribution in [0.15, 0.2) is 17.1 Å². The predicted molar refractivity (Wildman–Crippen MR) is 58.0 cm³/mol. The van der Waals surface area contributed by atoms with Gasteiger partial charge in [0, 0.05) is 6.20 Å². The van der Waals surface area contributed by atoms with Crippen LogP contribution in [0.3, 0.4) is 0 Å². The van der Waals surface area contributed by atoms with Crippen molar-refractivity contribution < 1.29 is 14.2 Å². The zero-order valence-corrected chi connectivity index (χ0v) is 9.28. The summed E-state index contributed by atoms with van der Waals surface area (Å²) in [6.07, 6.45) is -2.87. The van der Waals surface area contributed by atoms with E-state index in [4.69, 9.17) is 10.5 Å². The van der Waals surface area contributed by atoms with E-state index >= 15 is 0 Å². The number of ether oxygens (including phenoxy) is 1. The lowest BCUT2D eigenvalue weighted by Gasteiger charge is -2.16. The maximum atomic E-state index is 13.6. The fraction of sp³-hybridized carbons (Fsp3) is 0.600. The number of aliphatic hydroxyl groups is 1. The molecule has 1 fully saturated rings. The lowest BCUT2D eigenvalue weighted by molar-refractivity contribution is -0.0403. The number of nitrogens with zero attached hydrogens (tertiary/aromatic N) is 2. The van der Waals surface area contributed by atoms with Crippen LogP contribution >= 0.6 is 0 Å². The highest BCUT2D eigenvalue weighted by atomic mass is 19.1. The van der Waals surface area contributed by atoms with Crippen molar-refractivity contribution >= 4 is 5.82 Å². The Labute approximate surface area is 96.8 Å². The van der Waals surface area contributed by atoms with Gasteiger partial charge in [-0.15, -0.1) is 0 Å². The smallest absolute Gasteiger partial charge is 0.351 e. The Morgan fingerprint density at radius 2 is 2.41 bits per heavy atom. The first-order chi connectivity index (χ1) is 8.04. The van der Waals surface area contributed by atoms with Gasteiger partial charge in [-0.2, -0.15) is 4.98 Å². The molecule has 4 atom stereocenters. The molecule has 6 nitrogen and oxygen atoms in total. The molecule has 1 aliphatic rings. The average Bonchev–Trinajstić information content (AvgIpc) is 2.57. The van der Waals surface area contributed by atoms with Gasteiger partial charge in [0.2, 0.25) is 0 Å². The van der Waals surface area contributed by atoms with E-state index in [1.54, 1.807) is 6.92 Å². The number of aliphatic hydroxyl groups excluding tert-OH is 1. The predicted octanol–water partition coefficient (Wildman–Crippen LogP) is -0.168. The van der Waals surface area contributed by atoms with E-state index in [1.807, 2.05) is 0 Å². The summed E-state index contributed by atoms with van der Waals surface area (Å²) in [5.74, 6) is 0.0718. The average molecular weight is 243 g/mol. The minimum absolute atomic E-state index is 0.0718. The molecule has 0 aromatic carbocycles. The standard InChI is InChI=1S/C10H14FN3O3/c1-2-5-7(11)8(15)9(17-5)14-4-3-6(12)13-10(14)16/h3-5,7-9,15H,2H2,1H3,(H2,12,13,16)/t5-,7-,8-,9-/m1/s1. The summed E-state index contributed by atoms with van der Waals surface area (Å²) in [4.78, 5) is 15.0. The topological polar surface area (TPSA) is 90.4 Å². The number of nitrogen functional groups attached to an aromatic ring is 1. The van der Waals surface area contributed by atoms with Crippen molar-refractivity contribution in [3.63, 3.8) is 0 Å². The van der Waals surface area contributed by atoms with E-state index in [1.165, 1.54) is 12.3 Å². The van der Waals surface area contributed by atoms with Crippen molar-refractivity contribution in [2.75, 3.05) is 5.73 Å². The third kappa shape index (κ3) is 2.03. The molecule has 1 aliphatic heterocycles. The van der Waals surface area contributed by atoms with Crippen LogP contribution in [-0.4, -0.2) is 33.0 Å². The van der Waals surface area contributed by atoms with Gasteiger partial charge in [0.05, 0.1) is 6.10 Å². The molecule has 2 rings (SSSR count). The number of alkyl halides is 1. The molecular weight excluding hydrogens is 229 g/mol. The van der Waals surface area contributed by atoms with E-state index in [2.05, 4.69) is 4.98 Å². The molecule has 0 radical (unpaired) electrons.